The van der Waals surface area contributed by atoms with Crippen molar-refractivity contribution < 1.29 is 8.42 Å². The fourth-order valence-electron chi connectivity index (χ4n) is 3.11. The molecule has 1 N–H and O–H groups in total. The van der Waals surface area contributed by atoms with Gasteiger partial charge in [-0.25, -0.2) is 8.42 Å². The van der Waals surface area contributed by atoms with Gasteiger partial charge in [-0.15, -0.1) is 0 Å². The number of hydrogen-bond acceptors (Lipinski definition) is 4. The van der Waals surface area contributed by atoms with Gasteiger partial charge in [0.1, 0.15) is 9.84 Å². The van der Waals surface area contributed by atoms with Crippen LogP contribution in [0, 0.1) is 11.8 Å². The molecule has 0 saturated heterocycles. The lowest BCUT2D eigenvalue weighted by Crippen LogP contribution is -2.45. The second-order valence-electron chi connectivity index (χ2n) is 6.63. The van der Waals surface area contributed by atoms with Crippen LogP contribution in [0.1, 0.15) is 39.5 Å². The summed E-state index contributed by atoms with van der Waals surface area (Å²) in [6.07, 6.45) is 6.30. The Kier molecular flexibility index (Phi) is 7.48. The van der Waals surface area contributed by atoms with Crippen LogP contribution in [-0.4, -0.2) is 58.1 Å². The van der Waals surface area contributed by atoms with Crippen molar-refractivity contribution in [2.75, 3.05) is 38.7 Å². The van der Waals surface area contributed by atoms with Gasteiger partial charge in [0.2, 0.25) is 0 Å². The highest BCUT2D eigenvalue weighted by Crippen LogP contribution is 2.29. The summed E-state index contributed by atoms with van der Waals surface area (Å²) in [6, 6.07) is 0.604. The van der Waals surface area contributed by atoms with E-state index in [2.05, 4.69) is 24.1 Å². The SMILES string of the molecule is CCCNC1CCC(C)CC1CN(C)CCS(C)(=O)=O. The molecule has 1 aliphatic rings. The molecule has 0 aromatic rings. The summed E-state index contributed by atoms with van der Waals surface area (Å²) in [6.45, 7) is 7.26. The predicted molar refractivity (Wildman–Crippen MR) is 85.8 cm³/mol. The lowest BCUT2D eigenvalue weighted by Gasteiger charge is -2.37. The Morgan fingerprint density at radius 3 is 2.60 bits per heavy atom. The van der Waals surface area contributed by atoms with Crippen molar-refractivity contribution in [1.29, 1.82) is 0 Å². The van der Waals surface area contributed by atoms with Gasteiger partial charge in [0.25, 0.3) is 0 Å². The van der Waals surface area contributed by atoms with Gasteiger partial charge in [0.15, 0.2) is 0 Å². The van der Waals surface area contributed by atoms with Gasteiger partial charge in [-0.3, -0.25) is 0 Å². The third kappa shape index (κ3) is 7.04. The lowest BCUT2D eigenvalue weighted by atomic mass is 9.78. The molecule has 3 unspecified atom stereocenters. The molecule has 5 heteroatoms. The molecule has 0 aromatic heterocycles. The lowest BCUT2D eigenvalue weighted by molar-refractivity contribution is 0.164. The summed E-state index contributed by atoms with van der Waals surface area (Å²) in [5.41, 5.74) is 0. The average Bonchev–Trinajstić information content (AvgIpc) is 2.35. The maximum Gasteiger partial charge on any atom is 0.148 e. The van der Waals surface area contributed by atoms with Crippen LogP contribution < -0.4 is 5.32 Å². The van der Waals surface area contributed by atoms with E-state index in [1.165, 1.54) is 31.9 Å². The van der Waals surface area contributed by atoms with E-state index in [1.807, 2.05) is 7.05 Å². The molecule has 0 radical (unpaired) electrons. The Balaban J connectivity index is 2.46. The molecule has 4 nitrogen and oxygen atoms in total. The van der Waals surface area contributed by atoms with Crippen LogP contribution in [0.5, 0.6) is 0 Å². The first-order valence-corrected chi connectivity index (χ1v) is 9.97. The highest BCUT2D eigenvalue weighted by Gasteiger charge is 2.28. The van der Waals surface area contributed by atoms with Crippen molar-refractivity contribution in [3.05, 3.63) is 0 Å². The first kappa shape index (κ1) is 17.9. The number of nitrogens with zero attached hydrogens (tertiary/aromatic N) is 1. The van der Waals surface area contributed by atoms with Crippen molar-refractivity contribution in [3.63, 3.8) is 0 Å². The minimum atomic E-state index is -2.86. The minimum Gasteiger partial charge on any atom is -0.314 e. The molecule has 0 heterocycles. The third-order valence-corrected chi connectivity index (χ3v) is 5.22. The first-order valence-electron chi connectivity index (χ1n) is 7.91. The zero-order valence-electron chi connectivity index (χ0n) is 13.6. The maximum atomic E-state index is 11.2. The van der Waals surface area contributed by atoms with E-state index in [-0.39, 0.29) is 5.75 Å². The van der Waals surface area contributed by atoms with Crippen LogP contribution in [0.25, 0.3) is 0 Å². The number of sulfone groups is 1. The average molecular weight is 304 g/mol. The van der Waals surface area contributed by atoms with E-state index >= 15 is 0 Å². The van der Waals surface area contributed by atoms with E-state index in [0.717, 1.165) is 19.0 Å². The summed E-state index contributed by atoms with van der Waals surface area (Å²) in [5.74, 6) is 1.71. The number of rotatable bonds is 8. The second-order valence-corrected chi connectivity index (χ2v) is 8.89. The summed E-state index contributed by atoms with van der Waals surface area (Å²) in [7, 11) is -0.813. The van der Waals surface area contributed by atoms with Crippen LogP contribution in [0.15, 0.2) is 0 Å². The standard InChI is InChI=1S/C15H32N2O2S/c1-5-8-16-15-7-6-13(2)11-14(15)12-17(3)9-10-20(4,18)19/h13-16H,5-12H2,1-4H3. The molecule has 20 heavy (non-hydrogen) atoms. The Morgan fingerprint density at radius 2 is 2.00 bits per heavy atom. The number of hydrogen-bond donors (Lipinski definition) is 1. The Morgan fingerprint density at radius 1 is 1.30 bits per heavy atom. The quantitative estimate of drug-likeness (QED) is 0.742. The van der Waals surface area contributed by atoms with Gasteiger partial charge >= 0.3 is 0 Å². The van der Waals surface area contributed by atoms with Gasteiger partial charge < -0.3 is 10.2 Å². The largest absolute Gasteiger partial charge is 0.314 e. The highest BCUT2D eigenvalue weighted by molar-refractivity contribution is 7.90. The highest BCUT2D eigenvalue weighted by atomic mass is 32.2. The van der Waals surface area contributed by atoms with E-state index in [0.29, 0.717) is 18.5 Å². The van der Waals surface area contributed by atoms with Gasteiger partial charge in [-0.05, 0) is 51.1 Å². The van der Waals surface area contributed by atoms with Crippen LogP contribution in [0.4, 0.5) is 0 Å². The minimum absolute atomic E-state index is 0.263. The van der Waals surface area contributed by atoms with Crippen molar-refractivity contribution in [1.82, 2.24) is 10.2 Å². The van der Waals surface area contributed by atoms with Crippen molar-refractivity contribution in [2.24, 2.45) is 11.8 Å². The maximum absolute atomic E-state index is 11.2. The van der Waals surface area contributed by atoms with Gasteiger partial charge in [0.05, 0.1) is 5.75 Å². The molecule has 1 fully saturated rings. The molecule has 1 rings (SSSR count). The van der Waals surface area contributed by atoms with Crippen LogP contribution in [0.3, 0.4) is 0 Å². The summed E-state index contributed by atoms with van der Waals surface area (Å²) in [4.78, 5) is 2.18. The molecule has 0 aliphatic heterocycles. The molecular weight excluding hydrogens is 272 g/mol. The van der Waals surface area contributed by atoms with Gasteiger partial charge in [-0.1, -0.05) is 13.8 Å². The van der Waals surface area contributed by atoms with Gasteiger partial charge in [-0.2, -0.15) is 0 Å². The van der Waals surface area contributed by atoms with Crippen LogP contribution in [-0.2, 0) is 9.84 Å². The third-order valence-electron chi connectivity index (χ3n) is 4.29. The van der Waals surface area contributed by atoms with Crippen molar-refractivity contribution in [2.45, 2.75) is 45.6 Å². The molecule has 120 valence electrons. The van der Waals surface area contributed by atoms with E-state index in [1.54, 1.807) is 0 Å². The van der Waals surface area contributed by atoms with Crippen molar-refractivity contribution in [3.8, 4) is 0 Å². The smallest absolute Gasteiger partial charge is 0.148 e. The zero-order valence-corrected chi connectivity index (χ0v) is 14.4. The normalized spacial score (nSPS) is 27.9. The van der Waals surface area contributed by atoms with Crippen LogP contribution >= 0.6 is 0 Å². The Hall–Kier alpha value is -0.130. The first-order chi connectivity index (χ1) is 9.31. The molecule has 0 amide bonds. The molecule has 0 aromatic carbocycles. The van der Waals surface area contributed by atoms with Gasteiger partial charge in [0, 0.05) is 25.4 Å². The molecule has 3 atom stereocenters. The summed E-state index contributed by atoms with van der Waals surface area (Å²) >= 11 is 0. The summed E-state index contributed by atoms with van der Waals surface area (Å²) in [5, 5.41) is 3.67. The molecule has 1 saturated carbocycles. The fraction of sp³-hybridized carbons (Fsp3) is 1.00. The fourth-order valence-corrected chi connectivity index (χ4v) is 3.76. The second kappa shape index (κ2) is 8.35. The molecule has 0 spiro atoms. The molecule has 0 bridgehead atoms. The predicted octanol–water partition coefficient (Wildman–Crippen LogP) is 1.77. The zero-order chi connectivity index (χ0) is 15.2. The molecular formula is C15H32N2O2S. The number of nitrogens with one attached hydrogen (secondary N) is 1. The van der Waals surface area contributed by atoms with E-state index < -0.39 is 9.84 Å². The Bertz CT molecular complexity index is 368. The summed E-state index contributed by atoms with van der Waals surface area (Å²) < 4.78 is 22.5. The van der Waals surface area contributed by atoms with Crippen LogP contribution in [0.2, 0.25) is 0 Å². The molecule has 1 aliphatic carbocycles. The monoisotopic (exact) mass is 304 g/mol. The van der Waals surface area contributed by atoms with E-state index in [4.69, 9.17) is 0 Å². The van der Waals surface area contributed by atoms with E-state index in [9.17, 15) is 8.42 Å². The van der Waals surface area contributed by atoms with Crippen molar-refractivity contribution >= 4 is 9.84 Å². The topological polar surface area (TPSA) is 49.4 Å². The Labute approximate surface area is 125 Å².